The van der Waals surface area contributed by atoms with Crippen molar-refractivity contribution in [2.24, 2.45) is 5.84 Å². The molecule has 0 bridgehead atoms. The highest BCUT2D eigenvalue weighted by atomic mass is 35.5. The molecule has 1 aromatic rings. The van der Waals surface area contributed by atoms with Crippen LogP contribution in [0.4, 0.5) is 0 Å². The van der Waals surface area contributed by atoms with Gasteiger partial charge in [0.25, 0.3) is 0 Å². The maximum absolute atomic E-state index is 5.95. The van der Waals surface area contributed by atoms with E-state index in [1.807, 2.05) is 6.07 Å². The normalized spacial score (nSPS) is 12.8. The van der Waals surface area contributed by atoms with E-state index in [0.29, 0.717) is 5.22 Å². The molecule has 1 heterocycles. The molecule has 18 heavy (non-hydrogen) atoms. The maximum atomic E-state index is 5.95. The average Bonchev–Trinajstić information content (AvgIpc) is 2.79. The van der Waals surface area contributed by atoms with E-state index in [1.54, 1.807) is 6.26 Å². The van der Waals surface area contributed by atoms with Crippen molar-refractivity contribution in [3.05, 3.63) is 23.1 Å². The molecule has 0 radical (unpaired) electrons. The molecule has 104 valence electrons. The summed E-state index contributed by atoms with van der Waals surface area (Å²) < 4.78 is 5.09. The lowest BCUT2D eigenvalue weighted by atomic mass is 10.0. The highest BCUT2D eigenvalue weighted by Gasteiger charge is 2.14. The van der Waals surface area contributed by atoms with Crippen LogP contribution in [-0.4, -0.2) is 0 Å². The fourth-order valence-electron chi connectivity index (χ4n) is 2.19. The van der Waals surface area contributed by atoms with Crippen molar-refractivity contribution in [2.45, 2.75) is 64.3 Å². The Morgan fingerprint density at radius 1 is 1.22 bits per heavy atom. The predicted octanol–water partition coefficient (Wildman–Crippen LogP) is 4.58. The topological polar surface area (TPSA) is 51.2 Å². The van der Waals surface area contributed by atoms with Crippen LogP contribution in [-0.2, 0) is 0 Å². The zero-order chi connectivity index (χ0) is 13.2. The summed E-state index contributed by atoms with van der Waals surface area (Å²) in [6.07, 6.45) is 11.7. The minimum Gasteiger partial charge on any atom is -0.453 e. The van der Waals surface area contributed by atoms with Crippen LogP contribution < -0.4 is 11.3 Å². The zero-order valence-electron chi connectivity index (χ0n) is 11.3. The van der Waals surface area contributed by atoms with Gasteiger partial charge in [-0.25, -0.2) is 0 Å². The van der Waals surface area contributed by atoms with E-state index >= 15 is 0 Å². The van der Waals surface area contributed by atoms with E-state index in [2.05, 4.69) is 12.3 Å². The van der Waals surface area contributed by atoms with Crippen LogP contribution >= 0.6 is 11.6 Å². The summed E-state index contributed by atoms with van der Waals surface area (Å²) in [7, 11) is 0. The molecule has 0 spiro atoms. The van der Waals surface area contributed by atoms with Gasteiger partial charge in [-0.1, -0.05) is 51.9 Å². The van der Waals surface area contributed by atoms with Gasteiger partial charge in [0.15, 0.2) is 5.22 Å². The van der Waals surface area contributed by atoms with Gasteiger partial charge in [0.05, 0.1) is 12.3 Å². The smallest absolute Gasteiger partial charge is 0.197 e. The second-order valence-corrected chi connectivity index (χ2v) is 5.12. The van der Waals surface area contributed by atoms with E-state index in [9.17, 15) is 0 Å². The molecule has 0 aliphatic carbocycles. The summed E-state index contributed by atoms with van der Waals surface area (Å²) in [5.74, 6) is 5.56. The number of nitrogens with two attached hydrogens (primary N) is 1. The molecule has 0 saturated carbocycles. The van der Waals surface area contributed by atoms with E-state index in [1.165, 1.54) is 44.9 Å². The first-order valence-electron chi connectivity index (χ1n) is 6.98. The first-order chi connectivity index (χ1) is 8.79. The van der Waals surface area contributed by atoms with Gasteiger partial charge < -0.3 is 4.42 Å². The molecule has 0 amide bonds. The molecule has 4 heteroatoms. The molecule has 0 saturated heterocycles. The highest BCUT2D eigenvalue weighted by molar-refractivity contribution is 6.29. The quantitative estimate of drug-likeness (QED) is 0.372. The van der Waals surface area contributed by atoms with Crippen molar-refractivity contribution in [3.63, 3.8) is 0 Å². The molecular weight excluding hydrogens is 248 g/mol. The van der Waals surface area contributed by atoms with Crippen molar-refractivity contribution in [2.75, 3.05) is 0 Å². The largest absolute Gasteiger partial charge is 0.453 e. The Hall–Kier alpha value is -0.510. The summed E-state index contributed by atoms with van der Waals surface area (Å²) in [5, 5.41) is 0.445. The lowest BCUT2D eigenvalue weighted by molar-refractivity contribution is 0.469. The summed E-state index contributed by atoms with van der Waals surface area (Å²) in [6, 6.07) is 1.99. The lowest BCUT2D eigenvalue weighted by Crippen LogP contribution is -2.27. The van der Waals surface area contributed by atoms with Crippen molar-refractivity contribution in [1.82, 2.24) is 5.43 Å². The Morgan fingerprint density at radius 2 is 1.89 bits per heavy atom. The Morgan fingerprint density at radius 3 is 2.44 bits per heavy atom. The molecule has 0 aliphatic heterocycles. The van der Waals surface area contributed by atoms with Gasteiger partial charge in [-0.05, 0) is 24.1 Å². The minimum absolute atomic E-state index is 0.104. The number of hydrogen-bond acceptors (Lipinski definition) is 3. The highest BCUT2D eigenvalue weighted by Crippen LogP contribution is 2.27. The first kappa shape index (κ1) is 15.5. The van der Waals surface area contributed by atoms with E-state index < -0.39 is 0 Å². The van der Waals surface area contributed by atoms with Crippen molar-refractivity contribution in [3.8, 4) is 0 Å². The Bertz CT molecular complexity index is 314. The maximum Gasteiger partial charge on any atom is 0.197 e. The Balaban J connectivity index is 2.15. The Kier molecular flexibility index (Phi) is 8.14. The number of hydrogen-bond donors (Lipinski definition) is 2. The number of nitrogens with one attached hydrogen (secondary N) is 1. The fourth-order valence-corrected chi connectivity index (χ4v) is 2.43. The van der Waals surface area contributed by atoms with E-state index in [0.717, 1.165) is 12.0 Å². The lowest BCUT2D eigenvalue weighted by Gasteiger charge is -2.14. The number of halogens is 1. The number of unbranched alkanes of at least 4 members (excludes halogenated alkanes) is 6. The van der Waals surface area contributed by atoms with Gasteiger partial charge in [-0.2, -0.15) is 0 Å². The summed E-state index contributed by atoms with van der Waals surface area (Å²) >= 11 is 5.95. The molecule has 3 N–H and O–H groups in total. The molecule has 0 aromatic carbocycles. The van der Waals surface area contributed by atoms with Gasteiger partial charge in [0, 0.05) is 5.56 Å². The van der Waals surface area contributed by atoms with Crippen molar-refractivity contribution >= 4 is 11.6 Å². The molecule has 1 rings (SSSR count). The minimum atomic E-state index is 0.104. The van der Waals surface area contributed by atoms with Crippen LogP contribution in [0, 0.1) is 0 Å². The van der Waals surface area contributed by atoms with Crippen LogP contribution in [0.3, 0.4) is 0 Å². The molecule has 0 aliphatic rings. The van der Waals surface area contributed by atoms with Crippen LogP contribution in [0.1, 0.15) is 69.9 Å². The molecule has 1 atom stereocenters. The van der Waals surface area contributed by atoms with Gasteiger partial charge in [0.2, 0.25) is 0 Å². The van der Waals surface area contributed by atoms with Crippen LogP contribution in [0.15, 0.2) is 16.7 Å². The van der Waals surface area contributed by atoms with Crippen molar-refractivity contribution in [1.29, 1.82) is 0 Å². The second-order valence-electron chi connectivity index (χ2n) is 4.78. The molecule has 1 unspecified atom stereocenters. The predicted molar refractivity (Wildman–Crippen MR) is 76.4 cm³/mol. The third kappa shape index (κ3) is 5.42. The first-order valence-corrected chi connectivity index (χ1v) is 7.36. The number of rotatable bonds is 10. The van der Waals surface area contributed by atoms with Crippen LogP contribution in [0.25, 0.3) is 0 Å². The average molecular weight is 273 g/mol. The molecule has 3 nitrogen and oxygen atoms in total. The van der Waals surface area contributed by atoms with Gasteiger partial charge >= 0.3 is 0 Å². The van der Waals surface area contributed by atoms with Crippen molar-refractivity contribution < 1.29 is 4.42 Å². The SMILES string of the molecule is CCCCCCCCCC(NN)c1ccoc1Cl. The standard InChI is InChI=1S/C14H25ClN2O/c1-2-3-4-5-6-7-8-9-13(17-16)12-10-11-18-14(12)15/h10-11,13,17H,2-9,16H2,1H3. The second kappa shape index (κ2) is 9.42. The number of hydrazine groups is 1. The molecular formula is C14H25ClN2O. The summed E-state index contributed by atoms with van der Waals surface area (Å²) in [5.41, 5.74) is 3.78. The van der Waals surface area contributed by atoms with Gasteiger partial charge in [-0.15, -0.1) is 0 Å². The third-order valence-electron chi connectivity index (χ3n) is 3.32. The third-order valence-corrected chi connectivity index (χ3v) is 3.63. The zero-order valence-corrected chi connectivity index (χ0v) is 12.0. The monoisotopic (exact) mass is 272 g/mol. The number of furan rings is 1. The van der Waals surface area contributed by atoms with Gasteiger partial charge in [-0.3, -0.25) is 11.3 Å². The van der Waals surface area contributed by atoms with Crippen LogP contribution in [0.2, 0.25) is 5.22 Å². The van der Waals surface area contributed by atoms with Crippen LogP contribution in [0.5, 0.6) is 0 Å². The summed E-state index contributed by atoms with van der Waals surface area (Å²) in [4.78, 5) is 0. The molecule has 1 aromatic heterocycles. The molecule has 0 fully saturated rings. The van der Waals surface area contributed by atoms with E-state index in [4.69, 9.17) is 21.9 Å². The van der Waals surface area contributed by atoms with E-state index in [-0.39, 0.29) is 6.04 Å². The summed E-state index contributed by atoms with van der Waals surface area (Å²) in [6.45, 7) is 2.24. The Labute approximate surface area is 115 Å². The van der Waals surface area contributed by atoms with Gasteiger partial charge in [0.1, 0.15) is 0 Å². The fraction of sp³-hybridized carbons (Fsp3) is 0.714.